The van der Waals surface area contributed by atoms with Crippen molar-refractivity contribution in [2.75, 3.05) is 6.61 Å². The molecule has 1 heteroatoms. The van der Waals surface area contributed by atoms with Crippen LogP contribution < -0.4 is 0 Å². The maximum Gasteiger partial charge on any atom is 0.0717 e. The molecule has 3 rings (SSSR count). The van der Waals surface area contributed by atoms with Gasteiger partial charge in [0, 0.05) is 0 Å². The summed E-state index contributed by atoms with van der Waals surface area (Å²) in [6, 6.07) is 18.2. The minimum absolute atomic E-state index is 0.697. The highest BCUT2D eigenvalue weighted by Crippen LogP contribution is 2.40. The van der Waals surface area contributed by atoms with Gasteiger partial charge in [-0.1, -0.05) is 60.7 Å². The van der Waals surface area contributed by atoms with Gasteiger partial charge in [0.15, 0.2) is 0 Å². The first kappa shape index (κ1) is 19.6. The van der Waals surface area contributed by atoms with E-state index in [0.29, 0.717) is 12.5 Å². The molecule has 1 saturated carbocycles. The van der Waals surface area contributed by atoms with Crippen molar-refractivity contribution in [3.63, 3.8) is 0 Å². The molecule has 0 radical (unpaired) electrons. The van der Waals surface area contributed by atoms with Gasteiger partial charge < -0.3 is 4.74 Å². The standard InChI is InChI=1S/C26H32O/c1-3-5-19-27-20-22-9-13-24(14-10-22)26-17-15-25(16-18-26)23-11-7-21(6-4-2)8-12-23/h3-4,7-14,25-26H,1-2,5-6,15-20H2/t25-,26-. The van der Waals surface area contributed by atoms with Crippen LogP contribution in [0.15, 0.2) is 73.8 Å². The van der Waals surface area contributed by atoms with E-state index >= 15 is 0 Å². The number of allylic oxidation sites excluding steroid dienone is 1. The second-order valence-corrected chi connectivity index (χ2v) is 7.65. The minimum atomic E-state index is 0.697. The molecule has 0 spiro atoms. The molecule has 0 atom stereocenters. The van der Waals surface area contributed by atoms with Crippen LogP contribution in [0.1, 0.15) is 66.2 Å². The van der Waals surface area contributed by atoms with Gasteiger partial charge in [-0.25, -0.2) is 0 Å². The average Bonchev–Trinajstić information content (AvgIpc) is 2.73. The Hall–Kier alpha value is -2.12. The average molecular weight is 361 g/mol. The summed E-state index contributed by atoms with van der Waals surface area (Å²) >= 11 is 0. The summed E-state index contributed by atoms with van der Waals surface area (Å²) in [5, 5.41) is 0. The Labute approximate surface area is 164 Å². The third kappa shape index (κ3) is 5.68. The first-order valence-corrected chi connectivity index (χ1v) is 10.3. The van der Waals surface area contributed by atoms with E-state index in [2.05, 4.69) is 61.7 Å². The Morgan fingerprint density at radius 2 is 1.26 bits per heavy atom. The quantitative estimate of drug-likeness (QED) is 0.347. The van der Waals surface area contributed by atoms with Gasteiger partial charge in [0.1, 0.15) is 0 Å². The molecule has 1 fully saturated rings. The molecule has 0 saturated heterocycles. The van der Waals surface area contributed by atoms with E-state index in [1.165, 1.54) is 47.9 Å². The van der Waals surface area contributed by atoms with Crippen LogP contribution in [-0.2, 0) is 17.8 Å². The van der Waals surface area contributed by atoms with Gasteiger partial charge in [-0.2, -0.15) is 0 Å². The van der Waals surface area contributed by atoms with Gasteiger partial charge in [-0.05, 0) is 72.6 Å². The van der Waals surface area contributed by atoms with Crippen LogP contribution in [0.5, 0.6) is 0 Å². The zero-order chi connectivity index (χ0) is 18.9. The van der Waals surface area contributed by atoms with Gasteiger partial charge in [0.25, 0.3) is 0 Å². The number of rotatable bonds is 9. The van der Waals surface area contributed by atoms with Crippen LogP contribution in [0.2, 0.25) is 0 Å². The lowest BCUT2D eigenvalue weighted by Crippen LogP contribution is -2.12. The molecule has 0 unspecified atom stereocenters. The van der Waals surface area contributed by atoms with Gasteiger partial charge in [0.2, 0.25) is 0 Å². The molecule has 0 heterocycles. The Bertz CT molecular complexity index is 703. The number of benzene rings is 2. The van der Waals surface area contributed by atoms with Crippen LogP contribution >= 0.6 is 0 Å². The van der Waals surface area contributed by atoms with Crippen molar-refractivity contribution >= 4 is 0 Å². The molecule has 0 amide bonds. The monoisotopic (exact) mass is 360 g/mol. The van der Waals surface area contributed by atoms with Gasteiger partial charge in [-0.3, -0.25) is 0 Å². The number of hydrogen-bond acceptors (Lipinski definition) is 1. The van der Waals surface area contributed by atoms with Crippen LogP contribution in [0.25, 0.3) is 0 Å². The molecule has 2 aromatic carbocycles. The van der Waals surface area contributed by atoms with Crippen molar-refractivity contribution in [3.8, 4) is 0 Å². The van der Waals surface area contributed by atoms with E-state index < -0.39 is 0 Å². The molecule has 0 aromatic heterocycles. The predicted molar refractivity (Wildman–Crippen MR) is 115 cm³/mol. The Morgan fingerprint density at radius 1 is 0.741 bits per heavy atom. The molecule has 0 bridgehead atoms. The molecule has 0 aliphatic heterocycles. The largest absolute Gasteiger partial charge is 0.376 e. The third-order valence-electron chi connectivity index (χ3n) is 5.74. The van der Waals surface area contributed by atoms with Crippen molar-refractivity contribution in [2.45, 2.75) is 57.0 Å². The van der Waals surface area contributed by atoms with Gasteiger partial charge in [-0.15, -0.1) is 13.2 Å². The third-order valence-corrected chi connectivity index (χ3v) is 5.74. The SMILES string of the molecule is C=CCCOCc1ccc([C@H]2CC[C@H](c3ccc(CC=C)cc3)CC2)cc1. The predicted octanol–water partition coefficient (Wildman–Crippen LogP) is 6.95. The fourth-order valence-electron chi connectivity index (χ4n) is 4.10. The summed E-state index contributed by atoms with van der Waals surface area (Å²) in [6.45, 7) is 8.99. The van der Waals surface area contributed by atoms with Crippen molar-refractivity contribution < 1.29 is 4.74 Å². The zero-order valence-electron chi connectivity index (χ0n) is 16.4. The van der Waals surface area contributed by atoms with E-state index in [4.69, 9.17) is 4.74 Å². The second-order valence-electron chi connectivity index (χ2n) is 7.65. The lowest BCUT2D eigenvalue weighted by atomic mass is 9.76. The summed E-state index contributed by atoms with van der Waals surface area (Å²) in [5.74, 6) is 1.42. The molecule has 2 aromatic rings. The Kier molecular flexibility index (Phi) is 7.47. The van der Waals surface area contributed by atoms with E-state index in [-0.39, 0.29) is 0 Å². The van der Waals surface area contributed by atoms with E-state index in [1.54, 1.807) is 0 Å². The maximum absolute atomic E-state index is 5.66. The zero-order valence-corrected chi connectivity index (χ0v) is 16.4. The van der Waals surface area contributed by atoms with Crippen LogP contribution in [0.4, 0.5) is 0 Å². The van der Waals surface area contributed by atoms with Crippen LogP contribution in [-0.4, -0.2) is 6.61 Å². The van der Waals surface area contributed by atoms with E-state index in [0.717, 1.165) is 25.4 Å². The highest BCUT2D eigenvalue weighted by molar-refractivity contribution is 5.29. The van der Waals surface area contributed by atoms with E-state index in [1.807, 2.05) is 12.2 Å². The van der Waals surface area contributed by atoms with Crippen molar-refractivity contribution in [1.82, 2.24) is 0 Å². The molecule has 1 nitrogen and oxygen atoms in total. The van der Waals surface area contributed by atoms with Gasteiger partial charge >= 0.3 is 0 Å². The molecular formula is C26H32O. The molecular weight excluding hydrogens is 328 g/mol. The highest BCUT2D eigenvalue weighted by atomic mass is 16.5. The van der Waals surface area contributed by atoms with Crippen molar-refractivity contribution in [2.24, 2.45) is 0 Å². The Balaban J connectivity index is 1.49. The fourth-order valence-corrected chi connectivity index (χ4v) is 4.10. The summed E-state index contributed by atoms with van der Waals surface area (Å²) < 4.78 is 5.66. The molecule has 0 N–H and O–H groups in total. The smallest absolute Gasteiger partial charge is 0.0717 e. The van der Waals surface area contributed by atoms with Crippen molar-refractivity contribution in [1.29, 1.82) is 0 Å². The first-order valence-electron chi connectivity index (χ1n) is 10.3. The topological polar surface area (TPSA) is 9.23 Å². The van der Waals surface area contributed by atoms with Crippen molar-refractivity contribution in [3.05, 3.63) is 96.1 Å². The lowest BCUT2D eigenvalue weighted by molar-refractivity contribution is 0.125. The number of hydrogen-bond donors (Lipinski definition) is 0. The summed E-state index contributed by atoms with van der Waals surface area (Å²) in [5.41, 5.74) is 5.62. The number of ether oxygens (including phenoxy) is 1. The fraction of sp³-hybridized carbons (Fsp3) is 0.385. The summed E-state index contributed by atoms with van der Waals surface area (Å²) in [7, 11) is 0. The minimum Gasteiger partial charge on any atom is -0.376 e. The molecule has 1 aliphatic carbocycles. The lowest BCUT2D eigenvalue weighted by Gasteiger charge is -2.29. The maximum atomic E-state index is 5.66. The highest BCUT2D eigenvalue weighted by Gasteiger charge is 2.23. The second kappa shape index (κ2) is 10.3. The molecule has 1 aliphatic rings. The Morgan fingerprint density at radius 3 is 1.74 bits per heavy atom. The summed E-state index contributed by atoms with van der Waals surface area (Å²) in [4.78, 5) is 0. The molecule has 27 heavy (non-hydrogen) atoms. The van der Waals surface area contributed by atoms with Crippen LogP contribution in [0.3, 0.4) is 0 Å². The van der Waals surface area contributed by atoms with E-state index in [9.17, 15) is 0 Å². The van der Waals surface area contributed by atoms with Gasteiger partial charge in [0.05, 0.1) is 13.2 Å². The molecule has 142 valence electrons. The summed E-state index contributed by atoms with van der Waals surface area (Å²) in [6.07, 6.45) is 10.9. The normalized spacial score (nSPS) is 19.6. The first-order chi connectivity index (χ1) is 13.3. The van der Waals surface area contributed by atoms with Crippen LogP contribution in [0, 0.1) is 0 Å².